The summed E-state index contributed by atoms with van der Waals surface area (Å²) in [6.07, 6.45) is 0. The SMILES string of the molecule is Cc1sc(CNc2cc(C#N)ccc2Cl)cc1Br. The quantitative estimate of drug-likeness (QED) is 0.856. The van der Waals surface area contributed by atoms with Crippen molar-refractivity contribution in [2.45, 2.75) is 13.5 Å². The molecule has 0 radical (unpaired) electrons. The molecule has 0 saturated carbocycles. The Morgan fingerprint density at radius 3 is 2.83 bits per heavy atom. The fourth-order valence-electron chi connectivity index (χ4n) is 1.52. The summed E-state index contributed by atoms with van der Waals surface area (Å²) in [7, 11) is 0. The zero-order valence-electron chi connectivity index (χ0n) is 9.63. The highest BCUT2D eigenvalue weighted by Crippen LogP contribution is 2.28. The van der Waals surface area contributed by atoms with E-state index in [1.807, 2.05) is 0 Å². The molecular formula is C13H10BrClN2S. The second-order valence-corrected chi connectivity index (χ2v) is 6.38. The van der Waals surface area contributed by atoms with Crippen molar-refractivity contribution < 1.29 is 0 Å². The van der Waals surface area contributed by atoms with Crippen LogP contribution in [0.3, 0.4) is 0 Å². The van der Waals surface area contributed by atoms with Gasteiger partial charge in [-0.2, -0.15) is 5.26 Å². The molecular weight excluding hydrogens is 332 g/mol. The number of anilines is 1. The van der Waals surface area contributed by atoms with Crippen LogP contribution in [0.4, 0.5) is 5.69 Å². The third kappa shape index (κ3) is 3.05. The van der Waals surface area contributed by atoms with Crippen molar-refractivity contribution >= 4 is 44.6 Å². The third-order valence-electron chi connectivity index (χ3n) is 2.46. The van der Waals surface area contributed by atoms with Gasteiger partial charge >= 0.3 is 0 Å². The first-order valence-corrected chi connectivity index (χ1v) is 7.27. The van der Waals surface area contributed by atoms with Gasteiger partial charge in [0.05, 0.1) is 22.3 Å². The molecule has 2 aromatic rings. The molecule has 1 N–H and O–H groups in total. The summed E-state index contributed by atoms with van der Waals surface area (Å²) in [6.45, 7) is 2.77. The van der Waals surface area contributed by atoms with Crippen LogP contribution in [-0.4, -0.2) is 0 Å². The molecule has 0 saturated heterocycles. The lowest BCUT2D eigenvalue weighted by atomic mass is 10.2. The van der Waals surface area contributed by atoms with Crippen LogP contribution < -0.4 is 5.32 Å². The smallest absolute Gasteiger partial charge is 0.0992 e. The molecule has 0 spiro atoms. The predicted octanol–water partition coefficient (Wildman–Crippen LogP) is 4.96. The number of benzene rings is 1. The van der Waals surface area contributed by atoms with Crippen LogP contribution in [0.2, 0.25) is 5.02 Å². The minimum Gasteiger partial charge on any atom is -0.379 e. The van der Waals surface area contributed by atoms with E-state index in [0.717, 1.165) is 10.2 Å². The summed E-state index contributed by atoms with van der Waals surface area (Å²) in [5, 5.41) is 12.7. The van der Waals surface area contributed by atoms with Gasteiger partial charge in [-0.1, -0.05) is 11.6 Å². The van der Waals surface area contributed by atoms with E-state index in [1.54, 1.807) is 29.5 Å². The summed E-state index contributed by atoms with van der Waals surface area (Å²) >= 11 is 11.3. The minimum atomic E-state index is 0.602. The lowest BCUT2D eigenvalue weighted by Crippen LogP contribution is -1.98. The van der Waals surface area contributed by atoms with E-state index in [9.17, 15) is 0 Å². The minimum absolute atomic E-state index is 0.602. The molecule has 0 aliphatic carbocycles. The largest absolute Gasteiger partial charge is 0.379 e. The lowest BCUT2D eigenvalue weighted by molar-refractivity contribution is 1.19. The molecule has 5 heteroatoms. The Kier molecular flexibility index (Phi) is 4.28. The molecule has 0 aliphatic rings. The van der Waals surface area contributed by atoms with Crippen molar-refractivity contribution in [3.05, 3.63) is 49.1 Å². The molecule has 92 valence electrons. The number of thiophene rings is 1. The standard InChI is InChI=1S/C13H10BrClN2S/c1-8-11(14)5-10(18-8)7-17-13-4-9(6-16)2-3-12(13)15/h2-5,17H,7H2,1H3. The zero-order chi connectivity index (χ0) is 13.1. The van der Waals surface area contributed by atoms with Gasteiger partial charge in [0, 0.05) is 20.8 Å². The van der Waals surface area contributed by atoms with Crippen molar-refractivity contribution in [2.24, 2.45) is 0 Å². The fourth-order valence-corrected chi connectivity index (χ4v) is 3.24. The number of halogens is 2. The fraction of sp³-hybridized carbons (Fsp3) is 0.154. The van der Waals surface area contributed by atoms with Crippen LogP contribution >= 0.6 is 38.9 Å². The number of nitriles is 1. The average Bonchev–Trinajstić information content (AvgIpc) is 2.68. The van der Waals surface area contributed by atoms with Gasteiger partial charge in [-0.25, -0.2) is 0 Å². The number of rotatable bonds is 3. The normalized spacial score (nSPS) is 10.1. The van der Waals surface area contributed by atoms with Gasteiger partial charge in [0.2, 0.25) is 0 Å². The van der Waals surface area contributed by atoms with Crippen LogP contribution in [0.5, 0.6) is 0 Å². The maximum absolute atomic E-state index is 8.85. The van der Waals surface area contributed by atoms with Gasteiger partial charge in [0.15, 0.2) is 0 Å². The van der Waals surface area contributed by atoms with E-state index < -0.39 is 0 Å². The molecule has 1 aromatic carbocycles. The first kappa shape index (κ1) is 13.4. The third-order valence-corrected chi connectivity index (χ3v) is 4.92. The van der Waals surface area contributed by atoms with Gasteiger partial charge in [0.1, 0.15) is 0 Å². The zero-order valence-corrected chi connectivity index (χ0v) is 12.8. The Morgan fingerprint density at radius 2 is 2.22 bits per heavy atom. The molecule has 1 heterocycles. The van der Waals surface area contributed by atoms with E-state index >= 15 is 0 Å². The monoisotopic (exact) mass is 340 g/mol. The topological polar surface area (TPSA) is 35.8 Å². The summed E-state index contributed by atoms with van der Waals surface area (Å²) < 4.78 is 1.13. The molecule has 0 unspecified atom stereocenters. The Bertz CT molecular complexity index is 596. The highest BCUT2D eigenvalue weighted by atomic mass is 79.9. The van der Waals surface area contributed by atoms with E-state index in [0.29, 0.717) is 17.1 Å². The number of hydrogen-bond acceptors (Lipinski definition) is 3. The molecule has 0 bridgehead atoms. The highest BCUT2D eigenvalue weighted by molar-refractivity contribution is 9.10. The van der Waals surface area contributed by atoms with E-state index in [1.165, 1.54) is 9.75 Å². The molecule has 2 nitrogen and oxygen atoms in total. The number of nitrogens with one attached hydrogen (secondary N) is 1. The molecule has 0 amide bonds. The second kappa shape index (κ2) is 5.75. The Morgan fingerprint density at radius 1 is 1.44 bits per heavy atom. The maximum Gasteiger partial charge on any atom is 0.0992 e. The number of hydrogen-bond donors (Lipinski definition) is 1. The lowest BCUT2D eigenvalue weighted by Gasteiger charge is -2.07. The van der Waals surface area contributed by atoms with Gasteiger partial charge in [-0.15, -0.1) is 11.3 Å². The van der Waals surface area contributed by atoms with E-state index in [4.69, 9.17) is 16.9 Å². The molecule has 0 fully saturated rings. The maximum atomic E-state index is 8.85. The second-order valence-electron chi connectivity index (χ2n) is 3.78. The molecule has 0 aliphatic heterocycles. The van der Waals surface area contributed by atoms with Crippen molar-refractivity contribution in [1.82, 2.24) is 0 Å². The van der Waals surface area contributed by atoms with Crippen LogP contribution in [0.25, 0.3) is 0 Å². The van der Waals surface area contributed by atoms with Crippen molar-refractivity contribution in [3.63, 3.8) is 0 Å². The van der Waals surface area contributed by atoms with Crippen molar-refractivity contribution in [3.8, 4) is 6.07 Å². The van der Waals surface area contributed by atoms with Crippen LogP contribution in [0.1, 0.15) is 15.3 Å². The molecule has 2 rings (SSSR count). The molecule has 18 heavy (non-hydrogen) atoms. The first-order chi connectivity index (χ1) is 8.60. The van der Waals surface area contributed by atoms with Crippen molar-refractivity contribution in [1.29, 1.82) is 5.26 Å². The van der Waals surface area contributed by atoms with E-state index in [-0.39, 0.29) is 0 Å². The summed E-state index contributed by atoms with van der Waals surface area (Å²) in [5.41, 5.74) is 1.39. The summed E-state index contributed by atoms with van der Waals surface area (Å²) in [4.78, 5) is 2.47. The number of aryl methyl sites for hydroxylation is 1. The summed E-state index contributed by atoms with van der Waals surface area (Å²) in [5.74, 6) is 0. The Hall–Kier alpha value is -1.02. The highest BCUT2D eigenvalue weighted by Gasteiger charge is 2.05. The Balaban J connectivity index is 2.13. The first-order valence-electron chi connectivity index (χ1n) is 5.28. The molecule has 0 atom stereocenters. The van der Waals surface area contributed by atoms with Gasteiger partial charge in [0.25, 0.3) is 0 Å². The van der Waals surface area contributed by atoms with Gasteiger partial charge in [-0.05, 0) is 47.1 Å². The number of nitrogens with zero attached hydrogens (tertiary/aromatic N) is 1. The van der Waals surface area contributed by atoms with Crippen LogP contribution in [0, 0.1) is 18.3 Å². The Labute approximate surface area is 123 Å². The van der Waals surface area contributed by atoms with E-state index in [2.05, 4.69) is 40.3 Å². The summed E-state index contributed by atoms with van der Waals surface area (Å²) in [6, 6.07) is 9.40. The molecule has 1 aromatic heterocycles. The van der Waals surface area contributed by atoms with Gasteiger partial charge in [-0.3, -0.25) is 0 Å². The van der Waals surface area contributed by atoms with Crippen molar-refractivity contribution in [2.75, 3.05) is 5.32 Å². The van der Waals surface area contributed by atoms with Gasteiger partial charge < -0.3 is 5.32 Å². The predicted molar refractivity (Wildman–Crippen MR) is 80.2 cm³/mol. The van der Waals surface area contributed by atoms with Crippen LogP contribution in [-0.2, 0) is 6.54 Å². The average molecular weight is 342 g/mol. The van der Waals surface area contributed by atoms with Crippen LogP contribution in [0.15, 0.2) is 28.7 Å².